The minimum atomic E-state index is -3.55. The Morgan fingerprint density at radius 3 is 2.36 bits per heavy atom. The molecule has 1 heterocycles. The fourth-order valence-electron chi connectivity index (χ4n) is 2.41. The van der Waals surface area contributed by atoms with Gasteiger partial charge in [0.2, 0.25) is 10.0 Å². The maximum absolute atomic E-state index is 12.3. The largest absolute Gasteiger partial charge is 0.272 e. The third-order valence-electron chi connectivity index (χ3n) is 3.65. The van der Waals surface area contributed by atoms with Gasteiger partial charge in [0.15, 0.2) is 0 Å². The third-order valence-corrected chi connectivity index (χ3v) is 5.51. The van der Waals surface area contributed by atoms with E-state index in [2.05, 4.69) is 9.82 Å². The van der Waals surface area contributed by atoms with Crippen molar-refractivity contribution in [2.24, 2.45) is 7.05 Å². The van der Waals surface area contributed by atoms with Crippen molar-refractivity contribution in [1.82, 2.24) is 14.5 Å². The van der Waals surface area contributed by atoms with Crippen molar-refractivity contribution in [3.8, 4) is 0 Å². The molecule has 7 heteroatoms. The summed E-state index contributed by atoms with van der Waals surface area (Å²) >= 11 is 5.79. The number of rotatable bonds is 5. The van der Waals surface area contributed by atoms with Crippen molar-refractivity contribution < 1.29 is 8.42 Å². The number of hydrogen-bond acceptors (Lipinski definition) is 3. The van der Waals surface area contributed by atoms with Gasteiger partial charge in [-0.1, -0.05) is 11.6 Å². The van der Waals surface area contributed by atoms with Crippen molar-refractivity contribution in [3.63, 3.8) is 0 Å². The fraction of sp³-hybridized carbons (Fsp3) is 0.400. The highest BCUT2D eigenvalue weighted by molar-refractivity contribution is 7.89. The lowest BCUT2D eigenvalue weighted by atomic mass is 10.1. The molecule has 0 spiro atoms. The maximum atomic E-state index is 12.3. The molecule has 0 aliphatic heterocycles. The van der Waals surface area contributed by atoms with Crippen LogP contribution in [0.1, 0.15) is 23.9 Å². The number of sulfonamides is 1. The molecule has 0 aliphatic carbocycles. The molecule has 0 unspecified atom stereocenters. The molecule has 1 aromatic heterocycles. The van der Waals surface area contributed by atoms with Gasteiger partial charge in [0.05, 0.1) is 10.6 Å². The van der Waals surface area contributed by atoms with Crippen molar-refractivity contribution in [1.29, 1.82) is 0 Å². The van der Waals surface area contributed by atoms with Gasteiger partial charge in [-0.05, 0) is 57.0 Å². The number of nitrogens with zero attached hydrogens (tertiary/aromatic N) is 2. The molecule has 1 atom stereocenters. The van der Waals surface area contributed by atoms with E-state index in [4.69, 9.17) is 11.6 Å². The number of aromatic nitrogens is 2. The molecular weight excluding hydrogens is 322 g/mol. The van der Waals surface area contributed by atoms with Crippen LogP contribution in [0, 0.1) is 13.8 Å². The average Bonchev–Trinajstić information content (AvgIpc) is 2.65. The Balaban J connectivity index is 2.14. The third kappa shape index (κ3) is 3.69. The van der Waals surface area contributed by atoms with Crippen LogP contribution in [-0.2, 0) is 23.5 Å². The van der Waals surface area contributed by atoms with E-state index < -0.39 is 10.0 Å². The molecule has 22 heavy (non-hydrogen) atoms. The van der Waals surface area contributed by atoms with Crippen LogP contribution >= 0.6 is 11.6 Å². The van der Waals surface area contributed by atoms with Gasteiger partial charge in [0.25, 0.3) is 0 Å². The molecule has 0 saturated carbocycles. The first-order valence-corrected chi connectivity index (χ1v) is 8.84. The molecular formula is C15H20ClN3O2S. The van der Waals surface area contributed by atoms with E-state index in [0.29, 0.717) is 11.4 Å². The average molecular weight is 342 g/mol. The lowest BCUT2D eigenvalue weighted by Crippen LogP contribution is -2.34. The highest BCUT2D eigenvalue weighted by Gasteiger charge is 2.19. The fourth-order valence-corrected chi connectivity index (χ4v) is 3.78. The number of aryl methyl sites for hydroxylation is 2. The van der Waals surface area contributed by atoms with Crippen LogP contribution in [0.15, 0.2) is 29.2 Å². The Hall–Kier alpha value is -1.37. The molecule has 0 saturated heterocycles. The number of halogens is 1. The summed E-state index contributed by atoms with van der Waals surface area (Å²) in [5.74, 6) is 0. The number of nitrogens with one attached hydrogen (secondary N) is 1. The summed E-state index contributed by atoms with van der Waals surface area (Å²) in [5.41, 5.74) is 3.06. The van der Waals surface area contributed by atoms with Gasteiger partial charge in [0, 0.05) is 23.8 Å². The van der Waals surface area contributed by atoms with Gasteiger partial charge in [-0.3, -0.25) is 4.68 Å². The monoisotopic (exact) mass is 341 g/mol. The van der Waals surface area contributed by atoms with E-state index in [-0.39, 0.29) is 10.9 Å². The van der Waals surface area contributed by atoms with E-state index >= 15 is 0 Å². The zero-order valence-electron chi connectivity index (χ0n) is 13.1. The summed E-state index contributed by atoms with van der Waals surface area (Å²) in [6.07, 6.45) is 0.596. The first kappa shape index (κ1) is 17.0. The van der Waals surface area contributed by atoms with Gasteiger partial charge in [0.1, 0.15) is 0 Å². The minimum absolute atomic E-state index is 0.211. The maximum Gasteiger partial charge on any atom is 0.240 e. The number of benzene rings is 1. The highest BCUT2D eigenvalue weighted by Crippen LogP contribution is 2.17. The first-order valence-electron chi connectivity index (χ1n) is 6.97. The van der Waals surface area contributed by atoms with Gasteiger partial charge in [-0.15, -0.1) is 0 Å². The van der Waals surface area contributed by atoms with Crippen LogP contribution in [0.5, 0.6) is 0 Å². The highest BCUT2D eigenvalue weighted by atomic mass is 35.5. The van der Waals surface area contributed by atoms with Crippen LogP contribution in [0.4, 0.5) is 0 Å². The molecule has 120 valence electrons. The topological polar surface area (TPSA) is 64.0 Å². The van der Waals surface area contributed by atoms with Crippen LogP contribution < -0.4 is 4.72 Å². The molecule has 2 rings (SSSR count). The molecule has 0 fully saturated rings. The van der Waals surface area contributed by atoms with Gasteiger partial charge in [-0.25, -0.2) is 13.1 Å². The van der Waals surface area contributed by atoms with Crippen LogP contribution in [0.3, 0.4) is 0 Å². The standard InChI is InChI=1S/C15H20ClN3O2S/c1-10(9-15-11(2)17-19(4)12(15)3)18-22(20,21)14-7-5-13(16)6-8-14/h5-8,10,18H,9H2,1-4H3/t10-/m1/s1. The SMILES string of the molecule is Cc1nn(C)c(C)c1C[C@@H](C)NS(=O)(=O)c1ccc(Cl)cc1. The van der Waals surface area contributed by atoms with Crippen LogP contribution in [0.2, 0.25) is 5.02 Å². The Labute approximate surface area is 136 Å². The summed E-state index contributed by atoms with van der Waals surface area (Å²) in [6.45, 7) is 5.76. The summed E-state index contributed by atoms with van der Waals surface area (Å²) in [4.78, 5) is 0.211. The van der Waals surface area contributed by atoms with E-state index in [9.17, 15) is 8.42 Å². The molecule has 0 amide bonds. The predicted molar refractivity (Wildman–Crippen MR) is 87.6 cm³/mol. The van der Waals surface area contributed by atoms with E-state index in [1.54, 1.807) is 12.1 Å². The van der Waals surface area contributed by atoms with Crippen LogP contribution in [0.25, 0.3) is 0 Å². The molecule has 1 aromatic carbocycles. The lowest BCUT2D eigenvalue weighted by molar-refractivity contribution is 0.559. The smallest absolute Gasteiger partial charge is 0.240 e. The Morgan fingerprint density at radius 2 is 1.86 bits per heavy atom. The van der Waals surface area contributed by atoms with Crippen molar-refractivity contribution in [2.45, 2.75) is 38.1 Å². The summed E-state index contributed by atoms with van der Waals surface area (Å²) in [6, 6.07) is 5.89. The summed E-state index contributed by atoms with van der Waals surface area (Å²) in [5, 5.41) is 4.86. The van der Waals surface area contributed by atoms with E-state index in [0.717, 1.165) is 17.0 Å². The van der Waals surface area contributed by atoms with Gasteiger partial charge in [-0.2, -0.15) is 5.10 Å². The number of hydrogen-bond donors (Lipinski definition) is 1. The Kier molecular flexibility index (Phi) is 4.94. The Morgan fingerprint density at radius 1 is 1.27 bits per heavy atom. The van der Waals surface area contributed by atoms with Crippen LogP contribution in [-0.4, -0.2) is 24.2 Å². The normalized spacial score (nSPS) is 13.3. The summed E-state index contributed by atoms with van der Waals surface area (Å²) < 4.78 is 29.2. The predicted octanol–water partition coefficient (Wildman–Crippen LogP) is 2.60. The zero-order valence-corrected chi connectivity index (χ0v) is 14.7. The molecule has 0 radical (unpaired) electrons. The summed E-state index contributed by atoms with van der Waals surface area (Å²) in [7, 11) is -1.67. The second-order valence-electron chi connectivity index (χ2n) is 5.45. The molecule has 5 nitrogen and oxygen atoms in total. The molecule has 2 aromatic rings. The van der Waals surface area contributed by atoms with Crippen molar-refractivity contribution in [3.05, 3.63) is 46.2 Å². The first-order chi connectivity index (χ1) is 10.2. The Bertz CT molecular complexity index is 767. The molecule has 0 aliphatic rings. The van der Waals surface area contributed by atoms with Crippen molar-refractivity contribution in [2.75, 3.05) is 0 Å². The van der Waals surface area contributed by atoms with Gasteiger partial charge >= 0.3 is 0 Å². The quantitative estimate of drug-likeness (QED) is 0.909. The second-order valence-corrected chi connectivity index (χ2v) is 7.60. The lowest BCUT2D eigenvalue weighted by Gasteiger charge is -2.14. The second kappa shape index (κ2) is 6.40. The van der Waals surface area contributed by atoms with Gasteiger partial charge < -0.3 is 0 Å². The van der Waals surface area contributed by atoms with Crippen molar-refractivity contribution >= 4 is 21.6 Å². The minimum Gasteiger partial charge on any atom is -0.272 e. The van der Waals surface area contributed by atoms with E-state index in [1.165, 1.54) is 12.1 Å². The van der Waals surface area contributed by atoms with E-state index in [1.807, 2.05) is 32.5 Å². The zero-order chi connectivity index (χ0) is 16.5. The molecule has 0 bridgehead atoms. The molecule has 1 N–H and O–H groups in total.